The van der Waals surface area contributed by atoms with Crippen LogP contribution in [0.2, 0.25) is 0 Å². The van der Waals surface area contributed by atoms with Crippen molar-refractivity contribution in [1.82, 2.24) is 15.0 Å². The third-order valence-electron chi connectivity index (χ3n) is 4.57. The highest BCUT2D eigenvalue weighted by Gasteiger charge is 2.14. The van der Waals surface area contributed by atoms with E-state index in [1.54, 1.807) is 37.1 Å². The van der Waals surface area contributed by atoms with Gasteiger partial charge in [0.2, 0.25) is 0 Å². The van der Waals surface area contributed by atoms with Crippen LogP contribution in [-0.4, -0.2) is 34.1 Å². The molecule has 8 nitrogen and oxygen atoms in total. The van der Waals surface area contributed by atoms with Crippen LogP contribution in [0.3, 0.4) is 0 Å². The van der Waals surface area contributed by atoms with E-state index < -0.39 is 4.92 Å². The van der Waals surface area contributed by atoms with Gasteiger partial charge in [0.05, 0.1) is 25.3 Å². The lowest BCUT2D eigenvalue weighted by molar-refractivity contribution is -0.384. The van der Waals surface area contributed by atoms with E-state index in [-0.39, 0.29) is 5.69 Å². The largest absolute Gasteiger partial charge is 0.497 e. The Kier molecular flexibility index (Phi) is 5.85. The molecule has 0 saturated carbocycles. The number of methoxy groups -OCH3 is 2. The third kappa shape index (κ3) is 4.36. The number of aromatic nitrogens is 3. The number of nitrogens with zero attached hydrogens (tertiary/aromatic N) is 4. The number of nitro groups is 1. The van der Waals surface area contributed by atoms with Crippen molar-refractivity contribution in [3.8, 4) is 28.4 Å². The first-order valence-corrected chi connectivity index (χ1v) is 10.1. The molecule has 0 aliphatic rings. The molecule has 0 unspecified atom stereocenters. The van der Waals surface area contributed by atoms with Crippen LogP contribution in [0.5, 0.6) is 11.5 Å². The van der Waals surface area contributed by atoms with E-state index in [0.29, 0.717) is 17.2 Å². The topological polar surface area (TPSA) is 92.3 Å². The summed E-state index contributed by atoms with van der Waals surface area (Å²) in [5, 5.41) is 19.5. The van der Waals surface area contributed by atoms with Crippen molar-refractivity contribution >= 4 is 17.4 Å². The molecule has 0 N–H and O–H groups in total. The molecule has 0 saturated heterocycles. The van der Waals surface area contributed by atoms with E-state index in [9.17, 15) is 10.1 Å². The summed E-state index contributed by atoms with van der Waals surface area (Å²) in [7, 11) is 3.19. The van der Waals surface area contributed by atoms with E-state index in [0.717, 1.165) is 21.0 Å². The van der Waals surface area contributed by atoms with Crippen LogP contribution in [0.25, 0.3) is 16.9 Å². The van der Waals surface area contributed by atoms with Crippen molar-refractivity contribution in [2.24, 2.45) is 0 Å². The van der Waals surface area contributed by atoms with Gasteiger partial charge < -0.3 is 9.47 Å². The molecule has 4 aromatic rings. The average molecular weight is 434 g/mol. The second-order valence-corrected chi connectivity index (χ2v) is 7.55. The van der Waals surface area contributed by atoms with E-state index in [1.165, 1.54) is 23.9 Å². The van der Waals surface area contributed by atoms with Crippen LogP contribution in [0, 0.1) is 10.1 Å². The number of non-ortho nitro benzene ring substituents is 1. The Morgan fingerprint density at radius 3 is 2.48 bits per heavy atom. The summed E-state index contributed by atoms with van der Waals surface area (Å²) < 4.78 is 12.4. The number of hydrogen-bond acceptors (Lipinski definition) is 7. The highest BCUT2D eigenvalue weighted by molar-refractivity contribution is 7.99. The van der Waals surface area contributed by atoms with Gasteiger partial charge in [-0.2, -0.15) is 0 Å². The number of benzene rings is 3. The highest BCUT2D eigenvalue weighted by Crippen LogP contribution is 2.36. The van der Waals surface area contributed by atoms with E-state index in [4.69, 9.17) is 9.47 Å². The number of ether oxygens (including phenoxy) is 2. The first-order valence-electron chi connectivity index (χ1n) is 9.25. The predicted octanol–water partition coefficient (Wildman–Crippen LogP) is 5.01. The normalized spacial score (nSPS) is 10.6. The Morgan fingerprint density at radius 2 is 1.77 bits per heavy atom. The minimum Gasteiger partial charge on any atom is -0.497 e. The van der Waals surface area contributed by atoms with Gasteiger partial charge in [-0.05, 0) is 30.3 Å². The van der Waals surface area contributed by atoms with Crippen molar-refractivity contribution in [3.63, 3.8) is 0 Å². The quantitative estimate of drug-likeness (QED) is 0.298. The fourth-order valence-electron chi connectivity index (χ4n) is 3.01. The first kappa shape index (κ1) is 20.4. The molecule has 3 aromatic carbocycles. The Morgan fingerprint density at radius 1 is 1.00 bits per heavy atom. The zero-order valence-electron chi connectivity index (χ0n) is 16.8. The summed E-state index contributed by atoms with van der Waals surface area (Å²) in [4.78, 5) is 12.3. The van der Waals surface area contributed by atoms with Crippen LogP contribution in [0.1, 0.15) is 0 Å². The van der Waals surface area contributed by atoms with Crippen LogP contribution in [0.4, 0.5) is 5.69 Å². The van der Waals surface area contributed by atoms with Crippen molar-refractivity contribution in [3.05, 3.63) is 83.0 Å². The summed E-state index contributed by atoms with van der Waals surface area (Å²) in [6.07, 6.45) is 1.83. The van der Waals surface area contributed by atoms with Gasteiger partial charge in [0.1, 0.15) is 22.9 Å². The summed E-state index contributed by atoms with van der Waals surface area (Å²) in [5.74, 6) is 1.30. The van der Waals surface area contributed by atoms with E-state index in [1.807, 2.05) is 42.6 Å². The van der Waals surface area contributed by atoms with Crippen molar-refractivity contribution in [1.29, 1.82) is 0 Å². The molecule has 0 aliphatic heterocycles. The SMILES string of the molecule is COc1ccc(-n2cc(-c3ccccc3Sc3ccc([N+](=O)[O-])cc3)nn2)c(OC)c1. The molecule has 0 bridgehead atoms. The summed E-state index contributed by atoms with van der Waals surface area (Å²) in [6.45, 7) is 0. The number of hydrogen-bond donors (Lipinski definition) is 0. The molecule has 0 fully saturated rings. The van der Waals surface area contributed by atoms with Crippen molar-refractivity contribution in [2.45, 2.75) is 9.79 Å². The molecular weight excluding hydrogens is 416 g/mol. The molecule has 0 amide bonds. The average Bonchev–Trinajstić information content (AvgIpc) is 3.29. The lowest BCUT2D eigenvalue weighted by Crippen LogP contribution is -1.99. The van der Waals surface area contributed by atoms with Gasteiger partial charge in [0.15, 0.2) is 0 Å². The molecule has 1 heterocycles. The van der Waals surface area contributed by atoms with Gasteiger partial charge in [0, 0.05) is 33.6 Å². The van der Waals surface area contributed by atoms with Crippen molar-refractivity contribution < 1.29 is 14.4 Å². The fourth-order valence-corrected chi connectivity index (χ4v) is 3.96. The third-order valence-corrected chi connectivity index (χ3v) is 5.65. The first-order chi connectivity index (χ1) is 15.1. The predicted molar refractivity (Wildman–Crippen MR) is 117 cm³/mol. The summed E-state index contributed by atoms with van der Waals surface area (Å²) >= 11 is 1.51. The Bertz CT molecular complexity index is 1220. The Hall–Kier alpha value is -3.85. The maximum absolute atomic E-state index is 10.9. The van der Waals surface area contributed by atoms with Gasteiger partial charge in [-0.1, -0.05) is 35.2 Å². The van der Waals surface area contributed by atoms with Crippen LogP contribution < -0.4 is 9.47 Å². The highest BCUT2D eigenvalue weighted by atomic mass is 32.2. The maximum Gasteiger partial charge on any atom is 0.269 e. The maximum atomic E-state index is 10.9. The molecule has 0 aliphatic carbocycles. The smallest absolute Gasteiger partial charge is 0.269 e. The molecule has 31 heavy (non-hydrogen) atoms. The molecule has 0 spiro atoms. The molecule has 1 aromatic heterocycles. The van der Waals surface area contributed by atoms with Crippen LogP contribution in [-0.2, 0) is 0 Å². The van der Waals surface area contributed by atoms with Gasteiger partial charge >= 0.3 is 0 Å². The molecule has 0 radical (unpaired) electrons. The van der Waals surface area contributed by atoms with Gasteiger partial charge in [-0.25, -0.2) is 4.68 Å². The minimum absolute atomic E-state index is 0.0639. The summed E-state index contributed by atoms with van der Waals surface area (Å²) in [5.41, 5.74) is 2.41. The number of rotatable bonds is 7. The van der Waals surface area contributed by atoms with Crippen molar-refractivity contribution in [2.75, 3.05) is 14.2 Å². The monoisotopic (exact) mass is 434 g/mol. The van der Waals surface area contributed by atoms with Crippen LogP contribution >= 0.6 is 11.8 Å². The fraction of sp³-hybridized carbons (Fsp3) is 0.0909. The van der Waals surface area contributed by atoms with Gasteiger partial charge in [-0.15, -0.1) is 5.10 Å². The zero-order valence-corrected chi connectivity index (χ0v) is 17.6. The van der Waals surface area contributed by atoms with E-state index >= 15 is 0 Å². The molecule has 0 atom stereocenters. The second kappa shape index (κ2) is 8.88. The van der Waals surface area contributed by atoms with E-state index in [2.05, 4.69) is 10.3 Å². The Labute approximate surface area is 182 Å². The van der Waals surface area contributed by atoms with Gasteiger partial charge in [0.25, 0.3) is 5.69 Å². The molecule has 156 valence electrons. The standard InChI is InChI=1S/C22H18N4O4S/c1-29-16-9-12-20(21(13-16)30-2)25-14-19(23-24-25)18-5-3-4-6-22(18)31-17-10-7-15(8-11-17)26(27)28/h3-14H,1-2H3. The summed E-state index contributed by atoms with van der Waals surface area (Å²) in [6, 6.07) is 19.8. The van der Waals surface area contributed by atoms with Gasteiger partial charge in [-0.3, -0.25) is 10.1 Å². The number of nitro benzene ring substituents is 1. The lowest BCUT2D eigenvalue weighted by Gasteiger charge is -2.09. The lowest BCUT2D eigenvalue weighted by atomic mass is 10.2. The molecule has 9 heteroatoms. The molecular formula is C22H18N4O4S. The second-order valence-electron chi connectivity index (χ2n) is 6.44. The minimum atomic E-state index is -0.409. The van der Waals surface area contributed by atoms with Crippen LogP contribution in [0.15, 0.2) is 82.7 Å². The molecule has 4 rings (SSSR count). The Balaban J connectivity index is 1.65. The zero-order chi connectivity index (χ0) is 21.8.